The number of fused-ring (bicyclic) bond motifs is 1. The molecule has 1 N–H and O–H groups in total. The Labute approximate surface area is 182 Å². The van der Waals surface area contributed by atoms with Crippen LogP contribution in [0.2, 0.25) is 0 Å². The van der Waals surface area contributed by atoms with Crippen molar-refractivity contribution in [1.29, 1.82) is 0 Å². The fourth-order valence-corrected chi connectivity index (χ4v) is 3.79. The van der Waals surface area contributed by atoms with E-state index in [4.69, 9.17) is 0 Å². The van der Waals surface area contributed by atoms with E-state index < -0.39 is 0 Å². The Morgan fingerprint density at radius 2 is 1.74 bits per heavy atom. The van der Waals surface area contributed by atoms with Gasteiger partial charge >= 0.3 is 0 Å². The number of benzene rings is 2. The Kier molecular flexibility index (Phi) is 6.18. The molecule has 0 saturated carbocycles. The Hall–Kier alpha value is -3.78. The summed E-state index contributed by atoms with van der Waals surface area (Å²) in [6.07, 6.45) is 3.33. The van der Waals surface area contributed by atoms with Crippen molar-refractivity contribution in [2.75, 3.05) is 5.75 Å². The molecule has 0 aliphatic heterocycles. The van der Waals surface area contributed by atoms with Gasteiger partial charge in [-0.1, -0.05) is 42.1 Å². The first kappa shape index (κ1) is 20.5. The van der Waals surface area contributed by atoms with Crippen molar-refractivity contribution in [3.05, 3.63) is 95.0 Å². The third-order valence-corrected chi connectivity index (χ3v) is 5.48. The first-order chi connectivity index (χ1) is 15.1. The minimum atomic E-state index is -0.291. The molecule has 0 radical (unpaired) electrons. The second kappa shape index (κ2) is 9.36. The van der Waals surface area contributed by atoms with Gasteiger partial charge in [-0.05, 0) is 43.3 Å². The van der Waals surface area contributed by atoms with Crippen molar-refractivity contribution in [3.63, 3.8) is 0 Å². The van der Waals surface area contributed by atoms with Crippen molar-refractivity contribution in [1.82, 2.24) is 20.0 Å². The summed E-state index contributed by atoms with van der Waals surface area (Å²) in [4.78, 5) is 34.1. The highest BCUT2D eigenvalue weighted by Gasteiger charge is 2.14. The molecule has 0 atom stereocenters. The molecule has 4 rings (SSSR count). The van der Waals surface area contributed by atoms with Crippen molar-refractivity contribution < 1.29 is 4.79 Å². The van der Waals surface area contributed by atoms with Crippen molar-refractivity contribution in [3.8, 4) is 5.69 Å². The van der Waals surface area contributed by atoms with Gasteiger partial charge in [0.05, 0.1) is 28.1 Å². The Morgan fingerprint density at radius 3 is 2.52 bits per heavy atom. The number of nitrogens with one attached hydrogen (secondary N) is 1. The van der Waals surface area contributed by atoms with E-state index in [2.05, 4.69) is 20.5 Å². The van der Waals surface area contributed by atoms with Crippen LogP contribution in [0, 0.1) is 0 Å². The summed E-state index contributed by atoms with van der Waals surface area (Å²) >= 11 is 1.19. The molecule has 2 aromatic carbocycles. The van der Waals surface area contributed by atoms with E-state index in [1.807, 2.05) is 54.6 Å². The lowest BCUT2D eigenvalue weighted by Crippen LogP contribution is -2.24. The molecule has 0 fully saturated rings. The lowest BCUT2D eigenvalue weighted by Gasteiger charge is -2.12. The largest absolute Gasteiger partial charge is 0.272 e. The maximum atomic E-state index is 13.1. The van der Waals surface area contributed by atoms with Gasteiger partial charge in [0.1, 0.15) is 0 Å². The zero-order chi connectivity index (χ0) is 21.6. The molecular formula is C23H19N5O2S. The zero-order valence-electron chi connectivity index (χ0n) is 16.7. The average molecular weight is 430 g/mol. The molecule has 0 spiro atoms. The van der Waals surface area contributed by atoms with Gasteiger partial charge in [-0.25, -0.2) is 10.4 Å². The lowest BCUT2D eigenvalue weighted by atomic mass is 10.2. The number of nitrogens with zero attached hydrogens (tertiary/aromatic N) is 4. The number of hydrogen-bond donors (Lipinski definition) is 1. The van der Waals surface area contributed by atoms with E-state index in [-0.39, 0.29) is 17.2 Å². The molecule has 0 unspecified atom stereocenters. The Balaban J connectivity index is 1.58. The molecule has 0 aliphatic rings. The van der Waals surface area contributed by atoms with E-state index in [0.29, 0.717) is 27.5 Å². The maximum absolute atomic E-state index is 13.1. The first-order valence-corrected chi connectivity index (χ1v) is 10.6. The minimum Gasteiger partial charge on any atom is -0.272 e. The third kappa shape index (κ3) is 4.70. The van der Waals surface area contributed by atoms with E-state index in [9.17, 15) is 9.59 Å². The number of rotatable bonds is 6. The standard InChI is InChI=1S/C23H19N5O2S/c1-16(17-11-13-24-14-12-17)26-27-21(29)15-31-23-25-20-10-6-5-9-19(20)22(30)28(23)18-7-3-2-4-8-18/h2-14H,15H2,1H3,(H,27,29). The van der Waals surface area contributed by atoms with Crippen LogP contribution >= 0.6 is 11.8 Å². The number of hydrazone groups is 1. The predicted molar refractivity (Wildman–Crippen MR) is 123 cm³/mol. The average Bonchev–Trinajstić information content (AvgIpc) is 2.82. The first-order valence-electron chi connectivity index (χ1n) is 9.57. The summed E-state index contributed by atoms with van der Waals surface area (Å²) in [5, 5.41) is 5.11. The predicted octanol–water partition coefficient (Wildman–Crippen LogP) is 3.41. The number of carbonyl (C=O) groups excluding carboxylic acids is 1. The van der Waals surface area contributed by atoms with Crippen LogP contribution in [0.1, 0.15) is 12.5 Å². The monoisotopic (exact) mass is 429 g/mol. The van der Waals surface area contributed by atoms with Gasteiger partial charge in [0, 0.05) is 18.0 Å². The summed E-state index contributed by atoms with van der Waals surface area (Å²) in [7, 11) is 0. The fourth-order valence-electron chi connectivity index (χ4n) is 2.98. The van der Waals surface area contributed by atoms with E-state index in [0.717, 1.165) is 5.56 Å². The van der Waals surface area contributed by atoms with Gasteiger partial charge in [-0.15, -0.1) is 0 Å². The summed E-state index contributed by atoms with van der Waals surface area (Å²) in [6.45, 7) is 1.81. The van der Waals surface area contributed by atoms with Gasteiger partial charge < -0.3 is 0 Å². The number of hydrogen-bond acceptors (Lipinski definition) is 6. The second-order valence-corrected chi connectivity index (χ2v) is 7.59. The second-order valence-electron chi connectivity index (χ2n) is 6.64. The van der Waals surface area contributed by atoms with Crippen molar-refractivity contribution >= 4 is 34.3 Å². The molecule has 31 heavy (non-hydrogen) atoms. The van der Waals surface area contributed by atoms with Crippen LogP contribution in [0.3, 0.4) is 0 Å². The fraction of sp³-hybridized carbons (Fsp3) is 0.0870. The topological polar surface area (TPSA) is 89.2 Å². The van der Waals surface area contributed by atoms with Gasteiger partial charge in [0.2, 0.25) is 0 Å². The highest BCUT2D eigenvalue weighted by Crippen LogP contribution is 2.21. The summed E-state index contributed by atoms with van der Waals surface area (Å²) in [5.74, 6) is -0.231. The number of pyridine rings is 1. The zero-order valence-corrected chi connectivity index (χ0v) is 17.5. The van der Waals surface area contributed by atoms with Crippen molar-refractivity contribution in [2.45, 2.75) is 12.1 Å². The highest BCUT2D eigenvalue weighted by molar-refractivity contribution is 7.99. The van der Waals surface area contributed by atoms with E-state index in [1.54, 1.807) is 31.5 Å². The molecule has 1 amide bonds. The Bertz CT molecular complexity index is 1300. The van der Waals surface area contributed by atoms with Crippen LogP contribution < -0.4 is 11.0 Å². The van der Waals surface area contributed by atoms with Gasteiger partial charge in [0.15, 0.2) is 5.16 Å². The van der Waals surface area contributed by atoms with Crippen LogP contribution in [-0.2, 0) is 4.79 Å². The van der Waals surface area contributed by atoms with Gasteiger partial charge in [-0.3, -0.25) is 19.1 Å². The SMILES string of the molecule is CC(=NNC(=O)CSc1nc2ccccc2c(=O)n1-c1ccccc1)c1ccncc1. The van der Waals surface area contributed by atoms with Crippen LogP contribution in [0.4, 0.5) is 0 Å². The Morgan fingerprint density at radius 1 is 1.03 bits per heavy atom. The smallest absolute Gasteiger partial charge is 0.266 e. The molecule has 2 heterocycles. The number of para-hydroxylation sites is 2. The summed E-state index contributed by atoms with van der Waals surface area (Å²) in [5.41, 5.74) is 5.21. The summed E-state index contributed by atoms with van der Waals surface area (Å²) < 4.78 is 1.53. The molecule has 154 valence electrons. The number of thioether (sulfide) groups is 1. The molecular weight excluding hydrogens is 410 g/mol. The normalized spacial score (nSPS) is 11.5. The number of aromatic nitrogens is 3. The lowest BCUT2D eigenvalue weighted by molar-refractivity contribution is -0.118. The number of carbonyl (C=O) groups is 1. The van der Waals surface area contributed by atoms with Crippen LogP contribution in [0.15, 0.2) is 94.2 Å². The third-order valence-electron chi connectivity index (χ3n) is 4.54. The maximum Gasteiger partial charge on any atom is 0.266 e. The van der Waals surface area contributed by atoms with Crippen LogP contribution in [0.25, 0.3) is 16.6 Å². The van der Waals surface area contributed by atoms with E-state index in [1.165, 1.54) is 16.3 Å². The van der Waals surface area contributed by atoms with Crippen LogP contribution in [-0.4, -0.2) is 31.9 Å². The molecule has 0 saturated heterocycles. The summed E-state index contributed by atoms with van der Waals surface area (Å²) in [6, 6.07) is 20.1. The van der Waals surface area contributed by atoms with Gasteiger partial charge in [0.25, 0.3) is 11.5 Å². The molecule has 4 aromatic rings. The van der Waals surface area contributed by atoms with E-state index >= 15 is 0 Å². The molecule has 0 bridgehead atoms. The van der Waals surface area contributed by atoms with Crippen molar-refractivity contribution in [2.24, 2.45) is 5.10 Å². The van der Waals surface area contributed by atoms with Crippen LogP contribution in [0.5, 0.6) is 0 Å². The molecule has 0 aliphatic carbocycles. The molecule has 7 nitrogen and oxygen atoms in total. The number of amides is 1. The molecule has 8 heteroatoms. The highest BCUT2D eigenvalue weighted by atomic mass is 32.2. The molecule has 2 aromatic heterocycles. The minimum absolute atomic E-state index is 0.0603. The van der Waals surface area contributed by atoms with Gasteiger partial charge in [-0.2, -0.15) is 5.10 Å². The quantitative estimate of drug-likeness (QED) is 0.220.